The number of hydrogen-bond acceptors (Lipinski definition) is 13. The average Bonchev–Trinajstić information content (AvgIpc) is 3.82. The number of aromatic amines is 1. The third kappa shape index (κ3) is 17.4. The van der Waals surface area contributed by atoms with Crippen molar-refractivity contribution in [3.05, 3.63) is 144 Å². The van der Waals surface area contributed by atoms with Gasteiger partial charge in [0.1, 0.15) is 42.3 Å². The number of benzene rings is 4. The largest absolute Gasteiger partial charge is 0.480 e. The van der Waals surface area contributed by atoms with Crippen molar-refractivity contribution in [3.63, 3.8) is 0 Å². The van der Waals surface area contributed by atoms with E-state index in [4.69, 9.17) is 11.5 Å². The van der Waals surface area contributed by atoms with Gasteiger partial charge in [-0.1, -0.05) is 131 Å². The van der Waals surface area contributed by atoms with Crippen LogP contribution in [0.5, 0.6) is 0 Å². The molecular formula is C54H66N10O10S2. The van der Waals surface area contributed by atoms with Crippen LogP contribution < -0.4 is 48.7 Å². The number of hydrogen-bond donors (Lipinski definition) is 12. The molecule has 1 aromatic heterocycles. The quantitative estimate of drug-likeness (QED) is 0.0549. The number of aliphatic hydroxyl groups excluding tert-OH is 1. The van der Waals surface area contributed by atoms with Gasteiger partial charge >= 0.3 is 5.97 Å². The van der Waals surface area contributed by atoms with Crippen molar-refractivity contribution >= 4 is 79.8 Å². The molecule has 0 unspecified atom stereocenters. The number of para-hydroxylation sites is 1. The molecule has 20 nitrogen and oxygen atoms in total. The minimum absolute atomic E-state index is 0.00642. The molecule has 1 saturated heterocycles. The van der Waals surface area contributed by atoms with E-state index in [1.165, 1.54) is 6.92 Å². The molecule has 1 aliphatic rings. The Morgan fingerprint density at radius 2 is 0.987 bits per heavy atom. The molecule has 2 heterocycles. The topological polar surface area (TPSA) is 329 Å². The van der Waals surface area contributed by atoms with E-state index >= 15 is 0 Å². The number of amides is 7. The van der Waals surface area contributed by atoms with Crippen LogP contribution in [-0.4, -0.2) is 135 Å². The number of aromatic nitrogens is 1. The number of carboxylic acid groups (broad SMARTS) is 1. The highest BCUT2D eigenvalue weighted by molar-refractivity contribution is 8.76. The molecule has 14 N–H and O–H groups in total. The molecule has 0 spiro atoms. The van der Waals surface area contributed by atoms with Crippen molar-refractivity contribution in [2.45, 2.75) is 106 Å². The Bertz CT molecular complexity index is 2750. The Morgan fingerprint density at radius 1 is 0.553 bits per heavy atom. The first-order valence-corrected chi connectivity index (χ1v) is 27.5. The van der Waals surface area contributed by atoms with Crippen LogP contribution in [0.2, 0.25) is 0 Å². The molecule has 9 atom stereocenters. The van der Waals surface area contributed by atoms with Gasteiger partial charge in [0.2, 0.25) is 41.4 Å². The van der Waals surface area contributed by atoms with Crippen LogP contribution in [0.15, 0.2) is 121 Å². The molecule has 7 amide bonds. The lowest BCUT2D eigenvalue weighted by Crippen LogP contribution is -2.62. The SMILES string of the molecule is C[C@@H](O)[C@@H]1NC(=O)[C@H](CCCCN)NC(=O)[C@H](Cc2c[nH]c3ccccc23)NC(=O)[C@H](Cc2ccccc2)NC(=O)[C@H](Cc2ccccc2)NC(=O)[C@@H](N)CSSC[C@@H](C(=O)O)NC(=O)[C@H](Cc2ccccc2)NC1=O. The second-order valence-electron chi connectivity index (χ2n) is 18.5. The number of nitrogens with two attached hydrogens (primary N) is 2. The first kappa shape index (κ1) is 58.0. The molecular weight excluding hydrogens is 1010 g/mol. The molecule has 0 aliphatic carbocycles. The third-order valence-corrected chi connectivity index (χ3v) is 15.1. The van der Waals surface area contributed by atoms with Gasteiger partial charge in [0.05, 0.1) is 12.1 Å². The Balaban J connectivity index is 1.39. The van der Waals surface area contributed by atoms with Crippen LogP contribution in [0, 0.1) is 0 Å². The molecule has 1 aliphatic heterocycles. The number of rotatable bonds is 14. The fourth-order valence-corrected chi connectivity index (χ4v) is 10.7. The van der Waals surface area contributed by atoms with Crippen molar-refractivity contribution in [1.82, 2.24) is 42.2 Å². The van der Waals surface area contributed by atoms with Crippen molar-refractivity contribution in [1.29, 1.82) is 0 Å². The van der Waals surface area contributed by atoms with Crippen LogP contribution >= 0.6 is 21.6 Å². The monoisotopic (exact) mass is 1080 g/mol. The summed E-state index contributed by atoms with van der Waals surface area (Å²) >= 11 is 0. The number of aliphatic carboxylic acids is 1. The van der Waals surface area contributed by atoms with Crippen LogP contribution in [0.4, 0.5) is 0 Å². The number of aliphatic hydroxyl groups is 1. The molecule has 0 radical (unpaired) electrons. The Hall–Kier alpha value is -7.24. The van der Waals surface area contributed by atoms with Crippen LogP contribution in [0.25, 0.3) is 10.9 Å². The maximum atomic E-state index is 14.8. The zero-order chi connectivity index (χ0) is 54.6. The first-order chi connectivity index (χ1) is 36.6. The molecule has 4 aromatic carbocycles. The van der Waals surface area contributed by atoms with Crippen molar-refractivity contribution in [3.8, 4) is 0 Å². The van der Waals surface area contributed by atoms with Crippen LogP contribution in [0.1, 0.15) is 48.4 Å². The van der Waals surface area contributed by atoms with Gasteiger partial charge in [0.15, 0.2) is 0 Å². The Kier molecular flexibility index (Phi) is 22.3. The van der Waals surface area contributed by atoms with E-state index in [1.54, 1.807) is 97.2 Å². The van der Waals surface area contributed by atoms with E-state index in [0.717, 1.165) is 32.5 Å². The van der Waals surface area contributed by atoms with Gasteiger partial charge in [-0.25, -0.2) is 4.79 Å². The molecule has 5 aromatic rings. The molecule has 0 bridgehead atoms. The molecule has 404 valence electrons. The summed E-state index contributed by atoms with van der Waals surface area (Å²) in [4.78, 5) is 116. The number of carboxylic acids is 1. The van der Waals surface area contributed by atoms with E-state index in [9.17, 15) is 48.6 Å². The van der Waals surface area contributed by atoms with Gasteiger partial charge in [-0.2, -0.15) is 0 Å². The van der Waals surface area contributed by atoms with Crippen LogP contribution in [0.3, 0.4) is 0 Å². The molecule has 1 fully saturated rings. The normalized spacial score (nSPS) is 23.7. The van der Waals surface area contributed by atoms with E-state index in [1.807, 2.05) is 24.3 Å². The maximum Gasteiger partial charge on any atom is 0.327 e. The minimum Gasteiger partial charge on any atom is -0.480 e. The second-order valence-corrected chi connectivity index (χ2v) is 21.1. The lowest BCUT2D eigenvalue weighted by atomic mass is 10.00. The zero-order valence-corrected chi connectivity index (χ0v) is 43.6. The van der Waals surface area contributed by atoms with Crippen molar-refractivity contribution in [2.75, 3.05) is 18.1 Å². The summed E-state index contributed by atoms with van der Waals surface area (Å²) < 4.78 is 0. The number of carbonyl (C=O) groups is 8. The smallest absolute Gasteiger partial charge is 0.327 e. The summed E-state index contributed by atoms with van der Waals surface area (Å²) in [6, 6.07) is 22.5. The molecule has 6 rings (SSSR count). The number of fused-ring (bicyclic) bond motifs is 1. The summed E-state index contributed by atoms with van der Waals surface area (Å²) in [5.74, 6) is -7.42. The lowest BCUT2D eigenvalue weighted by Gasteiger charge is -2.29. The number of carbonyl (C=O) groups excluding carboxylic acids is 7. The average molecular weight is 1080 g/mol. The highest BCUT2D eigenvalue weighted by Gasteiger charge is 2.36. The predicted octanol–water partition coefficient (Wildman–Crippen LogP) is 1.15. The van der Waals surface area contributed by atoms with Gasteiger partial charge in [-0.15, -0.1) is 0 Å². The van der Waals surface area contributed by atoms with E-state index in [2.05, 4.69) is 42.2 Å². The van der Waals surface area contributed by atoms with E-state index < -0.39 is 102 Å². The molecule has 76 heavy (non-hydrogen) atoms. The first-order valence-electron chi connectivity index (χ1n) is 25.0. The number of unbranched alkanes of at least 4 members (excludes halogenated alkanes) is 1. The summed E-state index contributed by atoms with van der Waals surface area (Å²) in [5.41, 5.74) is 15.5. The summed E-state index contributed by atoms with van der Waals surface area (Å²) in [5, 5.41) is 40.8. The number of nitrogens with one attached hydrogen (secondary N) is 8. The summed E-state index contributed by atoms with van der Waals surface area (Å²) in [6.45, 7) is 1.51. The van der Waals surface area contributed by atoms with Gasteiger partial charge in [0, 0.05) is 54.3 Å². The third-order valence-electron chi connectivity index (χ3n) is 12.6. The zero-order valence-electron chi connectivity index (χ0n) is 41.9. The standard InChI is InChI=1S/C54H66N10O10S2/c1-32(65)46-53(72)62-43(27-35-19-9-4-10-20-35)51(70)63-45(54(73)74)31-76-75-30-38(56)47(66)59-41(25-33-15-5-2-6-16-33)49(68)60-42(26-34-17-7-3-8-18-34)50(69)61-44(28-36-29-57-39-22-12-11-21-37(36)39)52(71)58-40(48(67)64-46)23-13-14-24-55/h2-12,15-22,29,32,38,40-46,57,65H,13-14,23-28,30-31,55-56H2,1H3,(H,58,71)(H,59,66)(H,60,68)(H,61,69)(H,62,72)(H,63,70)(H,64,67)(H,73,74)/t32-,38+,40+,41+,42+,43+,44+,45+,46+/m1/s1. The van der Waals surface area contributed by atoms with Gasteiger partial charge in [-0.3, -0.25) is 33.6 Å². The van der Waals surface area contributed by atoms with E-state index in [-0.39, 0.29) is 50.2 Å². The molecule has 22 heteroatoms. The highest BCUT2D eigenvalue weighted by atomic mass is 33.1. The number of H-pyrrole nitrogens is 1. The van der Waals surface area contributed by atoms with Gasteiger partial charge in [-0.05, 0) is 61.1 Å². The van der Waals surface area contributed by atoms with Crippen molar-refractivity contribution < 1.29 is 48.6 Å². The summed E-state index contributed by atoms with van der Waals surface area (Å²) in [7, 11) is 2.07. The van der Waals surface area contributed by atoms with E-state index in [0.29, 0.717) is 35.1 Å². The Labute approximate surface area is 448 Å². The Morgan fingerprint density at radius 3 is 1.50 bits per heavy atom. The highest BCUT2D eigenvalue weighted by Crippen LogP contribution is 2.24. The van der Waals surface area contributed by atoms with Crippen LogP contribution in [-0.2, 0) is 64.0 Å². The summed E-state index contributed by atoms with van der Waals surface area (Å²) in [6.07, 6.45) is 0.661. The van der Waals surface area contributed by atoms with Crippen molar-refractivity contribution in [2.24, 2.45) is 11.5 Å². The lowest BCUT2D eigenvalue weighted by molar-refractivity contribution is -0.141. The maximum absolute atomic E-state index is 14.8. The fourth-order valence-electron chi connectivity index (χ4n) is 8.45. The second kappa shape index (κ2) is 29.2. The van der Waals surface area contributed by atoms with Gasteiger partial charge in [0.25, 0.3) is 0 Å². The van der Waals surface area contributed by atoms with Gasteiger partial charge < -0.3 is 63.9 Å². The molecule has 0 saturated carbocycles. The minimum atomic E-state index is -1.69. The fraction of sp³-hybridized carbons (Fsp3) is 0.370. The predicted molar refractivity (Wildman–Crippen MR) is 291 cm³/mol.